The largest absolute Gasteiger partial charge is 0.394 e. The summed E-state index contributed by atoms with van der Waals surface area (Å²) in [4.78, 5) is 5.72. The molecule has 5 nitrogen and oxygen atoms in total. The molecule has 4 aliphatic rings. The number of aromatic nitrogens is 3. The van der Waals surface area contributed by atoms with Crippen molar-refractivity contribution in [2.45, 2.75) is 98.4 Å². The zero-order chi connectivity index (χ0) is 21.6. The second-order valence-corrected chi connectivity index (χ2v) is 11.7. The predicted molar refractivity (Wildman–Crippen MR) is 124 cm³/mol. The van der Waals surface area contributed by atoms with E-state index in [1.165, 1.54) is 50.7 Å². The Labute approximate surface area is 188 Å². The van der Waals surface area contributed by atoms with Crippen LogP contribution >= 0.6 is 0 Å². The highest BCUT2D eigenvalue weighted by atomic mass is 16.6. The number of nitrogens with zero attached hydrogens (tertiary/aromatic N) is 4. The van der Waals surface area contributed by atoms with Crippen LogP contribution in [0.5, 0.6) is 0 Å². The number of hydrogen-bond acceptors (Lipinski definition) is 4. The Balaban J connectivity index is 1.19. The van der Waals surface area contributed by atoms with E-state index in [1.54, 1.807) is 0 Å². The van der Waals surface area contributed by atoms with Gasteiger partial charge in [0.25, 0.3) is 0 Å². The molecular formula is C26H42N4O. The van der Waals surface area contributed by atoms with E-state index in [4.69, 9.17) is 4.84 Å². The van der Waals surface area contributed by atoms with Gasteiger partial charge >= 0.3 is 0 Å². The number of oxime groups is 1. The van der Waals surface area contributed by atoms with E-state index in [-0.39, 0.29) is 0 Å². The molecule has 4 saturated carbocycles. The molecule has 7 atom stereocenters. The van der Waals surface area contributed by atoms with Crippen LogP contribution in [-0.4, -0.2) is 27.3 Å². The first-order chi connectivity index (χ1) is 14.9. The highest BCUT2D eigenvalue weighted by Gasteiger charge is 2.59. The van der Waals surface area contributed by atoms with Crippen LogP contribution in [0, 0.1) is 40.4 Å². The van der Waals surface area contributed by atoms with Crippen LogP contribution in [0.1, 0.15) is 91.2 Å². The fourth-order valence-electron chi connectivity index (χ4n) is 8.29. The molecule has 5 heteroatoms. The summed E-state index contributed by atoms with van der Waals surface area (Å²) >= 11 is 0. The van der Waals surface area contributed by atoms with Crippen molar-refractivity contribution in [1.82, 2.24) is 15.0 Å². The summed E-state index contributed by atoms with van der Waals surface area (Å²) in [5.41, 5.74) is 3.47. The fraction of sp³-hybridized carbons (Fsp3) is 0.885. The van der Waals surface area contributed by atoms with Gasteiger partial charge in [0, 0.05) is 6.20 Å². The van der Waals surface area contributed by atoms with Crippen molar-refractivity contribution in [3.63, 3.8) is 0 Å². The van der Waals surface area contributed by atoms with Crippen LogP contribution in [0.15, 0.2) is 11.4 Å². The van der Waals surface area contributed by atoms with Crippen molar-refractivity contribution < 1.29 is 4.84 Å². The lowest BCUT2D eigenvalue weighted by atomic mass is 9.45. The summed E-state index contributed by atoms with van der Waals surface area (Å²) in [5, 5.41) is 12.9. The zero-order valence-electron chi connectivity index (χ0n) is 20.1. The molecule has 0 aromatic carbocycles. The molecule has 1 heterocycles. The van der Waals surface area contributed by atoms with E-state index in [1.807, 2.05) is 10.9 Å². The number of aryl methyl sites for hydroxylation is 1. The molecular weight excluding hydrogens is 384 g/mol. The van der Waals surface area contributed by atoms with Crippen molar-refractivity contribution in [3.05, 3.63) is 11.9 Å². The average Bonchev–Trinajstić information content (AvgIpc) is 3.35. The van der Waals surface area contributed by atoms with Crippen LogP contribution in [-0.2, 0) is 17.8 Å². The van der Waals surface area contributed by atoms with Crippen molar-refractivity contribution >= 4 is 5.71 Å². The molecule has 4 aliphatic carbocycles. The third kappa shape index (κ3) is 3.64. The van der Waals surface area contributed by atoms with Crippen LogP contribution in [0.25, 0.3) is 0 Å². The Morgan fingerprint density at radius 2 is 1.94 bits per heavy atom. The Morgan fingerprint density at radius 3 is 2.74 bits per heavy atom. The SMILES string of the molecule is CCc1cn(CCO/N=C2/CC[C@@]3(C)C(CCC4C3CC[C@@]3(C)C4CC[C@@H]3C)C2)nn1. The molecule has 172 valence electrons. The van der Waals surface area contributed by atoms with Gasteiger partial charge in [-0.3, -0.25) is 0 Å². The quantitative estimate of drug-likeness (QED) is 0.435. The van der Waals surface area contributed by atoms with Crippen molar-refractivity contribution in [1.29, 1.82) is 0 Å². The third-order valence-corrected chi connectivity index (χ3v) is 10.5. The van der Waals surface area contributed by atoms with Gasteiger partial charge in [-0.25, -0.2) is 4.68 Å². The maximum atomic E-state index is 5.72. The Hall–Kier alpha value is -1.39. The van der Waals surface area contributed by atoms with Gasteiger partial charge in [-0.05, 0) is 105 Å². The number of fused-ring (bicyclic) bond motifs is 5. The number of rotatable bonds is 5. The van der Waals surface area contributed by atoms with E-state index >= 15 is 0 Å². The van der Waals surface area contributed by atoms with Crippen LogP contribution in [0.2, 0.25) is 0 Å². The highest BCUT2D eigenvalue weighted by Crippen LogP contribution is 2.67. The first-order valence-electron chi connectivity index (χ1n) is 13.0. The van der Waals surface area contributed by atoms with Crippen molar-refractivity contribution in [2.75, 3.05) is 6.61 Å². The molecule has 31 heavy (non-hydrogen) atoms. The van der Waals surface area contributed by atoms with Gasteiger partial charge in [-0.1, -0.05) is 38.1 Å². The van der Waals surface area contributed by atoms with E-state index in [0.29, 0.717) is 24.0 Å². The minimum atomic E-state index is 0.520. The normalized spacial score (nSPS) is 43.4. The monoisotopic (exact) mass is 426 g/mol. The summed E-state index contributed by atoms with van der Waals surface area (Å²) in [5.74, 6) is 4.64. The Kier molecular flexibility index (Phi) is 5.67. The molecule has 0 N–H and O–H groups in total. The fourth-order valence-corrected chi connectivity index (χ4v) is 8.29. The minimum absolute atomic E-state index is 0.520. The van der Waals surface area contributed by atoms with Crippen LogP contribution in [0.4, 0.5) is 0 Å². The highest BCUT2D eigenvalue weighted by molar-refractivity contribution is 5.85. The first kappa shape index (κ1) is 21.5. The average molecular weight is 427 g/mol. The summed E-state index contributed by atoms with van der Waals surface area (Å²) in [6.07, 6.45) is 15.3. The van der Waals surface area contributed by atoms with Gasteiger partial charge in [-0.15, -0.1) is 5.10 Å². The molecule has 4 fully saturated rings. The van der Waals surface area contributed by atoms with Crippen molar-refractivity contribution in [2.24, 2.45) is 45.6 Å². The van der Waals surface area contributed by atoms with Gasteiger partial charge in [0.2, 0.25) is 0 Å². The Bertz CT molecular complexity index is 818. The van der Waals surface area contributed by atoms with E-state index in [2.05, 4.69) is 43.2 Å². The predicted octanol–water partition coefficient (Wildman–Crippen LogP) is 5.89. The minimum Gasteiger partial charge on any atom is -0.394 e. The zero-order valence-corrected chi connectivity index (χ0v) is 20.1. The third-order valence-electron chi connectivity index (χ3n) is 10.5. The molecule has 0 bridgehead atoms. The molecule has 1 aromatic rings. The number of hydrogen-bond donors (Lipinski definition) is 0. The smallest absolute Gasteiger partial charge is 0.136 e. The summed E-state index contributed by atoms with van der Waals surface area (Å²) in [6, 6.07) is 0. The lowest BCUT2D eigenvalue weighted by Gasteiger charge is -2.60. The van der Waals surface area contributed by atoms with Gasteiger partial charge < -0.3 is 4.84 Å². The van der Waals surface area contributed by atoms with Crippen molar-refractivity contribution in [3.8, 4) is 0 Å². The molecule has 0 saturated heterocycles. The molecule has 4 unspecified atom stereocenters. The van der Waals surface area contributed by atoms with Gasteiger partial charge in [-0.2, -0.15) is 0 Å². The van der Waals surface area contributed by atoms with E-state index in [0.717, 1.165) is 54.5 Å². The lowest BCUT2D eigenvalue weighted by molar-refractivity contribution is -0.0994. The molecule has 0 spiro atoms. The van der Waals surface area contributed by atoms with E-state index < -0.39 is 0 Å². The molecule has 0 radical (unpaired) electrons. The van der Waals surface area contributed by atoms with Crippen LogP contribution < -0.4 is 0 Å². The molecule has 0 amide bonds. The lowest BCUT2D eigenvalue weighted by Crippen LogP contribution is -2.53. The van der Waals surface area contributed by atoms with Gasteiger partial charge in [0.15, 0.2) is 0 Å². The second-order valence-electron chi connectivity index (χ2n) is 11.7. The maximum Gasteiger partial charge on any atom is 0.136 e. The van der Waals surface area contributed by atoms with E-state index in [9.17, 15) is 0 Å². The summed E-state index contributed by atoms with van der Waals surface area (Å²) in [6.45, 7) is 11.2. The standard InChI is InChI=1S/C26H42N4O/c1-5-20-17-30(29-27-20)14-15-31-28-21-10-12-26(4)19(16-21)7-8-22-23-9-6-18(2)25(23,3)13-11-24(22)26/h17-19,22-24H,5-16H2,1-4H3/b28-21-/t18-,19?,22?,23?,24?,25+,26-/m0/s1. The Morgan fingerprint density at radius 1 is 1.10 bits per heavy atom. The molecule has 1 aromatic heterocycles. The van der Waals surface area contributed by atoms with Crippen LogP contribution in [0.3, 0.4) is 0 Å². The maximum absolute atomic E-state index is 5.72. The summed E-state index contributed by atoms with van der Waals surface area (Å²) < 4.78 is 1.86. The first-order valence-corrected chi connectivity index (χ1v) is 13.0. The summed E-state index contributed by atoms with van der Waals surface area (Å²) in [7, 11) is 0. The topological polar surface area (TPSA) is 52.3 Å². The second kappa shape index (κ2) is 8.19. The van der Waals surface area contributed by atoms with Gasteiger partial charge in [0.05, 0.1) is 18.0 Å². The van der Waals surface area contributed by atoms with Gasteiger partial charge in [0.1, 0.15) is 6.61 Å². The molecule has 0 aliphatic heterocycles. The molecule has 5 rings (SSSR count).